The maximum absolute atomic E-state index is 13.2. The Balaban J connectivity index is 1.88. The summed E-state index contributed by atoms with van der Waals surface area (Å²) in [5, 5.41) is 15.5. The van der Waals surface area contributed by atoms with E-state index < -0.39 is 6.10 Å². The highest BCUT2D eigenvalue weighted by Gasteiger charge is 2.19. The first kappa shape index (κ1) is 20.0. The maximum Gasteiger partial charge on any atom is 0.123 e. The van der Waals surface area contributed by atoms with E-state index in [1.807, 2.05) is 18.2 Å². The standard InChI is InChI=1S/C21H17Cl3FNO/c22-15-2-1-3-17(11-15)26-20(14-6-9-18(23)19(24)10-14)12-21(27)13-4-7-16(25)8-5-13/h1-11,20-21,26-27H,12H2. The topological polar surface area (TPSA) is 32.3 Å². The zero-order chi connectivity index (χ0) is 19.4. The molecule has 2 unspecified atom stereocenters. The molecular formula is C21H17Cl3FNO. The third-order valence-corrected chi connectivity index (χ3v) is 5.20. The quantitative estimate of drug-likeness (QED) is 0.444. The van der Waals surface area contributed by atoms with Crippen molar-refractivity contribution in [1.82, 2.24) is 0 Å². The van der Waals surface area contributed by atoms with Crippen molar-refractivity contribution >= 4 is 40.5 Å². The first-order valence-corrected chi connectivity index (χ1v) is 9.46. The highest BCUT2D eigenvalue weighted by Crippen LogP contribution is 2.33. The van der Waals surface area contributed by atoms with E-state index in [0.29, 0.717) is 27.1 Å². The van der Waals surface area contributed by atoms with Crippen LogP contribution in [0.2, 0.25) is 15.1 Å². The molecule has 0 saturated carbocycles. The lowest BCUT2D eigenvalue weighted by Gasteiger charge is -2.24. The van der Waals surface area contributed by atoms with Gasteiger partial charge in [-0.05, 0) is 53.6 Å². The zero-order valence-corrected chi connectivity index (χ0v) is 16.4. The first-order chi connectivity index (χ1) is 12.9. The molecule has 0 saturated heterocycles. The second-order valence-corrected chi connectivity index (χ2v) is 7.43. The van der Waals surface area contributed by atoms with Gasteiger partial charge in [-0.3, -0.25) is 0 Å². The van der Waals surface area contributed by atoms with E-state index in [0.717, 1.165) is 11.3 Å². The Labute approximate surface area is 172 Å². The van der Waals surface area contributed by atoms with E-state index in [1.54, 1.807) is 36.4 Å². The number of anilines is 1. The second-order valence-electron chi connectivity index (χ2n) is 6.18. The van der Waals surface area contributed by atoms with Crippen molar-refractivity contribution in [3.63, 3.8) is 0 Å². The van der Waals surface area contributed by atoms with Gasteiger partial charge in [-0.2, -0.15) is 0 Å². The molecule has 0 bridgehead atoms. The van der Waals surface area contributed by atoms with E-state index in [1.165, 1.54) is 12.1 Å². The van der Waals surface area contributed by atoms with Crippen LogP contribution in [0.1, 0.15) is 29.7 Å². The Morgan fingerprint density at radius 1 is 0.852 bits per heavy atom. The van der Waals surface area contributed by atoms with E-state index in [-0.39, 0.29) is 11.9 Å². The fraction of sp³-hybridized carbons (Fsp3) is 0.143. The average Bonchev–Trinajstić information content (AvgIpc) is 2.64. The van der Waals surface area contributed by atoms with Gasteiger partial charge in [0.1, 0.15) is 5.82 Å². The number of nitrogens with one attached hydrogen (secondary N) is 1. The van der Waals surface area contributed by atoms with Gasteiger partial charge in [-0.1, -0.05) is 59.1 Å². The number of rotatable bonds is 6. The minimum absolute atomic E-state index is 0.265. The minimum Gasteiger partial charge on any atom is -0.388 e. The lowest BCUT2D eigenvalue weighted by Crippen LogP contribution is -2.15. The predicted octanol–water partition coefficient (Wildman–Crippen LogP) is 7.06. The van der Waals surface area contributed by atoms with Crippen LogP contribution in [-0.4, -0.2) is 5.11 Å². The van der Waals surface area contributed by atoms with Gasteiger partial charge in [0.2, 0.25) is 0 Å². The van der Waals surface area contributed by atoms with Crippen molar-refractivity contribution in [2.75, 3.05) is 5.32 Å². The lowest BCUT2D eigenvalue weighted by atomic mass is 9.96. The molecule has 0 aliphatic rings. The molecule has 0 fully saturated rings. The lowest BCUT2D eigenvalue weighted by molar-refractivity contribution is 0.160. The van der Waals surface area contributed by atoms with Crippen LogP contribution in [0.5, 0.6) is 0 Å². The molecule has 140 valence electrons. The molecule has 27 heavy (non-hydrogen) atoms. The summed E-state index contributed by atoms with van der Waals surface area (Å²) in [5.74, 6) is -0.343. The monoisotopic (exact) mass is 423 g/mol. The van der Waals surface area contributed by atoms with E-state index in [9.17, 15) is 9.50 Å². The van der Waals surface area contributed by atoms with Gasteiger partial charge in [-0.15, -0.1) is 0 Å². The van der Waals surface area contributed by atoms with Crippen molar-refractivity contribution in [3.8, 4) is 0 Å². The SMILES string of the molecule is OC(CC(Nc1cccc(Cl)c1)c1ccc(Cl)c(Cl)c1)c1ccc(F)cc1. The average molecular weight is 425 g/mol. The van der Waals surface area contributed by atoms with Gasteiger partial charge in [0.25, 0.3) is 0 Å². The molecule has 0 heterocycles. The van der Waals surface area contributed by atoms with Crippen molar-refractivity contribution in [2.45, 2.75) is 18.6 Å². The minimum atomic E-state index is -0.795. The second kappa shape index (κ2) is 8.94. The summed E-state index contributed by atoms with van der Waals surface area (Å²) in [4.78, 5) is 0. The molecule has 2 atom stereocenters. The molecule has 0 aliphatic carbocycles. The Morgan fingerprint density at radius 2 is 1.56 bits per heavy atom. The summed E-state index contributed by atoms with van der Waals surface area (Å²) in [7, 11) is 0. The van der Waals surface area contributed by atoms with Crippen molar-refractivity contribution in [2.24, 2.45) is 0 Å². The van der Waals surface area contributed by atoms with Crippen molar-refractivity contribution in [3.05, 3.63) is 98.7 Å². The van der Waals surface area contributed by atoms with E-state index in [4.69, 9.17) is 34.8 Å². The Morgan fingerprint density at radius 3 is 2.22 bits per heavy atom. The highest BCUT2D eigenvalue weighted by atomic mass is 35.5. The number of benzene rings is 3. The van der Waals surface area contributed by atoms with Crippen LogP contribution in [-0.2, 0) is 0 Å². The molecule has 2 nitrogen and oxygen atoms in total. The third-order valence-electron chi connectivity index (χ3n) is 4.23. The molecule has 3 rings (SSSR count). The fourth-order valence-electron chi connectivity index (χ4n) is 2.83. The van der Waals surface area contributed by atoms with Crippen LogP contribution in [0.4, 0.5) is 10.1 Å². The van der Waals surface area contributed by atoms with E-state index in [2.05, 4.69) is 5.32 Å². The molecule has 0 aliphatic heterocycles. The van der Waals surface area contributed by atoms with Gasteiger partial charge in [0.15, 0.2) is 0 Å². The zero-order valence-electron chi connectivity index (χ0n) is 14.2. The van der Waals surface area contributed by atoms with Crippen LogP contribution in [0.25, 0.3) is 0 Å². The largest absolute Gasteiger partial charge is 0.388 e. The van der Waals surface area contributed by atoms with Gasteiger partial charge in [0, 0.05) is 17.1 Å². The van der Waals surface area contributed by atoms with Crippen LogP contribution >= 0.6 is 34.8 Å². The fourth-order valence-corrected chi connectivity index (χ4v) is 3.33. The number of aliphatic hydroxyl groups excluding tert-OH is 1. The number of halogens is 4. The number of hydrogen-bond donors (Lipinski definition) is 2. The number of hydrogen-bond acceptors (Lipinski definition) is 2. The Kier molecular flexibility index (Phi) is 6.61. The summed E-state index contributed by atoms with van der Waals surface area (Å²) < 4.78 is 13.2. The van der Waals surface area contributed by atoms with Gasteiger partial charge >= 0.3 is 0 Å². The maximum atomic E-state index is 13.2. The normalized spacial score (nSPS) is 13.2. The van der Waals surface area contributed by atoms with Crippen molar-refractivity contribution < 1.29 is 9.50 Å². The van der Waals surface area contributed by atoms with Gasteiger partial charge < -0.3 is 10.4 Å². The summed E-state index contributed by atoms with van der Waals surface area (Å²) in [6, 6.07) is 18.2. The summed E-state index contributed by atoms with van der Waals surface area (Å²) in [6.07, 6.45) is -0.451. The van der Waals surface area contributed by atoms with E-state index >= 15 is 0 Å². The molecule has 0 aromatic heterocycles. The summed E-state index contributed by atoms with van der Waals surface area (Å²) in [5.41, 5.74) is 2.31. The van der Waals surface area contributed by atoms with Crippen LogP contribution < -0.4 is 5.32 Å². The predicted molar refractivity (Wildman–Crippen MR) is 110 cm³/mol. The molecule has 6 heteroatoms. The van der Waals surface area contributed by atoms with Gasteiger partial charge in [-0.25, -0.2) is 4.39 Å². The molecule has 0 amide bonds. The third kappa shape index (κ3) is 5.36. The number of aliphatic hydroxyl groups is 1. The Bertz CT molecular complexity index is 918. The summed E-state index contributed by atoms with van der Waals surface area (Å²) in [6.45, 7) is 0. The van der Waals surface area contributed by atoms with Crippen LogP contribution in [0, 0.1) is 5.82 Å². The van der Waals surface area contributed by atoms with Gasteiger partial charge in [0.05, 0.1) is 22.2 Å². The van der Waals surface area contributed by atoms with Crippen LogP contribution in [0.3, 0.4) is 0 Å². The van der Waals surface area contributed by atoms with Crippen LogP contribution in [0.15, 0.2) is 66.7 Å². The smallest absolute Gasteiger partial charge is 0.123 e. The molecule has 3 aromatic rings. The molecular weight excluding hydrogens is 408 g/mol. The summed E-state index contributed by atoms with van der Waals surface area (Å²) >= 11 is 18.3. The molecule has 0 radical (unpaired) electrons. The Hall–Kier alpha value is -1.78. The molecule has 0 spiro atoms. The molecule has 3 aromatic carbocycles. The first-order valence-electron chi connectivity index (χ1n) is 8.33. The van der Waals surface area contributed by atoms with Crippen molar-refractivity contribution in [1.29, 1.82) is 0 Å². The highest BCUT2D eigenvalue weighted by molar-refractivity contribution is 6.42. The molecule has 2 N–H and O–H groups in total.